The second kappa shape index (κ2) is 4.66. The molecule has 86 valence electrons. The molecule has 1 amide bonds. The molecule has 0 bridgehead atoms. The van der Waals surface area contributed by atoms with E-state index in [2.05, 4.69) is 22.3 Å². The molecule has 0 aliphatic carbocycles. The maximum absolute atomic E-state index is 13.1. The second-order valence-corrected chi connectivity index (χ2v) is 3.37. The lowest BCUT2D eigenvalue weighted by Crippen LogP contribution is -1.99. The summed E-state index contributed by atoms with van der Waals surface area (Å²) in [6.07, 6.45) is 2.45. The minimum atomic E-state index is -0.891. The van der Waals surface area contributed by atoms with Crippen LogP contribution < -0.4 is 5.32 Å². The molecule has 3 nitrogen and oxygen atoms in total. The molecule has 0 aliphatic heterocycles. The van der Waals surface area contributed by atoms with Gasteiger partial charge >= 0.3 is 0 Å². The van der Waals surface area contributed by atoms with E-state index in [1.54, 1.807) is 6.20 Å². The summed E-state index contributed by atoms with van der Waals surface area (Å²) in [5, 5.41) is 2.78. The monoisotopic (exact) mass is 234 g/mol. The molecule has 2 rings (SSSR count). The van der Waals surface area contributed by atoms with Gasteiger partial charge in [-0.25, -0.2) is 8.78 Å². The van der Waals surface area contributed by atoms with Gasteiger partial charge in [-0.15, -0.1) is 0 Å². The van der Waals surface area contributed by atoms with Gasteiger partial charge in [0.2, 0.25) is 6.41 Å². The highest BCUT2D eigenvalue weighted by atomic mass is 19.2. The third kappa shape index (κ3) is 2.26. The molecule has 0 unspecified atom stereocenters. The van der Waals surface area contributed by atoms with Crippen molar-refractivity contribution in [3.05, 3.63) is 35.5 Å². The fourth-order valence-corrected chi connectivity index (χ4v) is 1.54. The average Bonchev–Trinajstić information content (AvgIpc) is 2.68. The molecule has 0 fully saturated rings. The molecule has 0 atom stereocenters. The van der Waals surface area contributed by atoms with E-state index in [9.17, 15) is 13.6 Å². The van der Waals surface area contributed by atoms with Gasteiger partial charge in [0, 0.05) is 35.6 Å². The minimum Gasteiger partial charge on any atom is -0.361 e. The minimum absolute atomic E-state index is 0.339. The van der Waals surface area contributed by atoms with Crippen LogP contribution in [-0.2, 0) is 11.2 Å². The van der Waals surface area contributed by atoms with Crippen molar-refractivity contribution in [2.45, 2.75) is 6.42 Å². The highest BCUT2D eigenvalue weighted by Crippen LogP contribution is 2.21. The predicted octanol–water partition coefficient (Wildman–Crippen LogP) is 1.70. The number of hydrogen-bond acceptors (Lipinski definition) is 1. The third-order valence-corrected chi connectivity index (χ3v) is 2.31. The van der Waals surface area contributed by atoms with E-state index in [1.807, 2.05) is 0 Å². The first kappa shape index (κ1) is 11.1. The summed E-state index contributed by atoms with van der Waals surface area (Å²) < 4.78 is 26.0. The SMILES string of the molecule is O=CNC#CCc1c[nH]c2cc(F)c(F)cc12. The van der Waals surface area contributed by atoms with Gasteiger partial charge in [0.1, 0.15) is 0 Å². The molecule has 5 heteroatoms. The molecule has 0 radical (unpaired) electrons. The average molecular weight is 234 g/mol. The summed E-state index contributed by atoms with van der Waals surface area (Å²) in [5.41, 5.74) is 1.27. The first-order valence-electron chi connectivity index (χ1n) is 4.84. The molecule has 0 saturated carbocycles. The molecule has 0 spiro atoms. The molecule has 1 heterocycles. The molecule has 1 aromatic heterocycles. The van der Waals surface area contributed by atoms with Crippen LogP contribution in [0.15, 0.2) is 18.3 Å². The number of carbonyl (C=O) groups excluding carboxylic acids is 1. The first-order chi connectivity index (χ1) is 8.22. The van der Waals surface area contributed by atoms with Crippen molar-refractivity contribution in [1.29, 1.82) is 0 Å². The van der Waals surface area contributed by atoms with Gasteiger partial charge in [0.05, 0.1) is 0 Å². The van der Waals surface area contributed by atoms with Gasteiger partial charge in [-0.3, -0.25) is 10.1 Å². The summed E-state index contributed by atoms with van der Waals surface area (Å²) in [6.45, 7) is 0. The van der Waals surface area contributed by atoms with Gasteiger partial charge in [0.25, 0.3) is 0 Å². The zero-order valence-electron chi connectivity index (χ0n) is 8.68. The lowest BCUT2D eigenvalue weighted by atomic mass is 10.1. The smallest absolute Gasteiger partial charge is 0.218 e. The normalized spacial score (nSPS) is 9.76. The largest absolute Gasteiger partial charge is 0.361 e. The Balaban J connectivity index is 2.33. The zero-order chi connectivity index (χ0) is 12.3. The van der Waals surface area contributed by atoms with Crippen molar-refractivity contribution >= 4 is 17.3 Å². The van der Waals surface area contributed by atoms with Crippen molar-refractivity contribution in [3.8, 4) is 12.0 Å². The summed E-state index contributed by atoms with van der Waals surface area (Å²) in [5.74, 6) is 0.906. The van der Waals surface area contributed by atoms with Crippen LogP contribution in [0.2, 0.25) is 0 Å². The molecule has 0 saturated heterocycles. The van der Waals surface area contributed by atoms with Crippen LogP contribution in [0.5, 0.6) is 0 Å². The molecular formula is C12H8F2N2O. The van der Waals surface area contributed by atoms with Gasteiger partial charge in [-0.1, -0.05) is 5.92 Å². The van der Waals surface area contributed by atoms with Crippen molar-refractivity contribution in [3.63, 3.8) is 0 Å². The van der Waals surface area contributed by atoms with E-state index in [0.717, 1.165) is 17.7 Å². The van der Waals surface area contributed by atoms with Crippen molar-refractivity contribution in [1.82, 2.24) is 10.3 Å². The number of carbonyl (C=O) groups is 1. The number of fused-ring (bicyclic) bond motifs is 1. The van der Waals surface area contributed by atoms with Crippen LogP contribution in [0, 0.1) is 23.6 Å². The Bertz CT molecular complexity index is 622. The first-order valence-corrected chi connectivity index (χ1v) is 4.84. The number of benzene rings is 1. The fourth-order valence-electron chi connectivity index (χ4n) is 1.54. The molecule has 0 aliphatic rings. The maximum Gasteiger partial charge on any atom is 0.218 e. The number of nitrogens with one attached hydrogen (secondary N) is 2. The van der Waals surface area contributed by atoms with E-state index in [1.165, 1.54) is 0 Å². The van der Waals surface area contributed by atoms with E-state index >= 15 is 0 Å². The van der Waals surface area contributed by atoms with E-state index in [-0.39, 0.29) is 0 Å². The molecule has 17 heavy (non-hydrogen) atoms. The van der Waals surface area contributed by atoms with Crippen LogP contribution >= 0.6 is 0 Å². The van der Waals surface area contributed by atoms with Crippen LogP contribution in [0.1, 0.15) is 5.56 Å². The van der Waals surface area contributed by atoms with Crippen LogP contribution in [-0.4, -0.2) is 11.4 Å². The van der Waals surface area contributed by atoms with Crippen molar-refractivity contribution < 1.29 is 13.6 Å². The third-order valence-electron chi connectivity index (χ3n) is 2.31. The number of halogens is 2. The Morgan fingerprint density at radius 3 is 2.88 bits per heavy atom. The lowest BCUT2D eigenvalue weighted by Gasteiger charge is -1.95. The second-order valence-electron chi connectivity index (χ2n) is 3.37. The quantitative estimate of drug-likeness (QED) is 0.463. The predicted molar refractivity (Wildman–Crippen MR) is 58.9 cm³/mol. The van der Waals surface area contributed by atoms with Gasteiger partial charge in [-0.2, -0.15) is 0 Å². The molecule has 2 N–H and O–H groups in total. The number of aromatic nitrogens is 1. The standard InChI is InChI=1S/C12H8F2N2O/c13-10-4-9-8(2-1-3-15-7-17)6-16-12(9)5-11(10)14/h4-7,16H,2H2,(H,15,17). The Morgan fingerprint density at radius 1 is 1.35 bits per heavy atom. The summed E-state index contributed by atoms with van der Waals surface area (Å²) in [6, 6.07) is 4.65. The Morgan fingerprint density at radius 2 is 2.12 bits per heavy atom. The van der Waals surface area contributed by atoms with E-state index < -0.39 is 11.6 Å². The van der Waals surface area contributed by atoms with Crippen LogP contribution in [0.4, 0.5) is 8.78 Å². The highest BCUT2D eigenvalue weighted by Gasteiger charge is 2.08. The van der Waals surface area contributed by atoms with E-state index in [4.69, 9.17) is 0 Å². The van der Waals surface area contributed by atoms with Crippen LogP contribution in [0.3, 0.4) is 0 Å². The highest BCUT2D eigenvalue weighted by molar-refractivity contribution is 5.83. The molecule has 2 aromatic rings. The number of rotatable bonds is 2. The summed E-state index contributed by atoms with van der Waals surface area (Å²) in [7, 11) is 0. The Kier molecular flexibility index (Phi) is 3.06. The number of amides is 1. The topological polar surface area (TPSA) is 44.9 Å². The van der Waals surface area contributed by atoms with Gasteiger partial charge in [0.15, 0.2) is 11.6 Å². The number of aromatic amines is 1. The lowest BCUT2D eigenvalue weighted by molar-refractivity contribution is -0.108. The Labute approximate surface area is 95.8 Å². The maximum atomic E-state index is 13.1. The van der Waals surface area contributed by atoms with Crippen molar-refractivity contribution in [2.24, 2.45) is 0 Å². The van der Waals surface area contributed by atoms with Crippen LogP contribution in [0.25, 0.3) is 10.9 Å². The van der Waals surface area contributed by atoms with Gasteiger partial charge in [-0.05, 0) is 11.6 Å². The van der Waals surface area contributed by atoms with E-state index in [0.29, 0.717) is 23.7 Å². The number of H-pyrrole nitrogens is 1. The fraction of sp³-hybridized carbons (Fsp3) is 0.0833. The molecular weight excluding hydrogens is 226 g/mol. The summed E-state index contributed by atoms with van der Waals surface area (Å²) in [4.78, 5) is 12.8. The Hall–Kier alpha value is -2.35. The zero-order valence-corrected chi connectivity index (χ0v) is 8.68. The molecule has 1 aromatic carbocycles. The summed E-state index contributed by atoms with van der Waals surface area (Å²) >= 11 is 0. The number of hydrogen-bond donors (Lipinski definition) is 2. The van der Waals surface area contributed by atoms with Gasteiger partial charge < -0.3 is 4.98 Å². The van der Waals surface area contributed by atoms with Crippen molar-refractivity contribution in [2.75, 3.05) is 0 Å².